The zero-order chi connectivity index (χ0) is 12.3. The lowest BCUT2D eigenvalue weighted by Crippen LogP contribution is -2.00. The first-order valence-electron chi connectivity index (χ1n) is 5.40. The average Bonchev–Trinajstić information content (AvgIpc) is 2.28. The number of anilines is 1. The van der Waals surface area contributed by atoms with Crippen LogP contribution in [0.5, 0.6) is 0 Å². The highest BCUT2D eigenvalue weighted by Crippen LogP contribution is 2.30. The molecule has 0 aliphatic rings. The Hall–Kier alpha value is -0.800. The van der Waals surface area contributed by atoms with E-state index < -0.39 is 0 Å². The molecule has 17 heavy (non-hydrogen) atoms. The molecule has 88 valence electrons. The van der Waals surface area contributed by atoms with Gasteiger partial charge in [-0.3, -0.25) is 0 Å². The summed E-state index contributed by atoms with van der Waals surface area (Å²) in [4.78, 5) is 0. The second-order valence-corrected chi connectivity index (χ2v) is 5.65. The van der Waals surface area contributed by atoms with Gasteiger partial charge >= 0.3 is 0 Å². The van der Waals surface area contributed by atoms with Crippen molar-refractivity contribution in [1.29, 1.82) is 0 Å². The van der Waals surface area contributed by atoms with Gasteiger partial charge < -0.3 is 5.32 Å². The molecule has 0 radical (unpaired) electrons. The van der Waals surface area contributed by atoms with E-state index in [-0.39, 0.29) is 0 Å². The number of halogens is 2. The van der Waals surface area contributed by atoms with Crippen molar-refractivity contribution in [3.05, 3.63) is 62.5 Å². The summed E-state index contributed by atoms with van der Waals surface area (Å²) >= 11 is 7.09. The quantitative estimate of drug-likeness (QED) is 0.805. The Kier molecular flexibility index (Phi) is 4.24. The minimum Gasteiger partial charge on any atom is -0.379 e. The molecule has 0 saturated carbocycles. The molecule has 0 saturated heterocycles. The maximum absolute atomic E-state index is 3.54. The Morgan fingerprint density at radius 3 is 2.29 bits per heavy atom. The summed E-state index contributed by atoms with van der Waals surface area (Å²) in [7, 11) is 0. The lowest BCUT2D eigenvalue weighted by atomic mass is 10.1. The predicted octanol–water partition coefficient (Wildman–Crippen LogP) is 5.13. The minimum absolute atomic E-state index is 0.822. The molecule has 0 spiro atoms. The third kappa shape index (κ3) is 3.33. The maximum Gasteiger partial charge on any atom is 0.0631 e. The van der Waals surface area contributed by atoms with Crippen LogP contribution in [-0.2, 0) is 6.54 Å². The average molecular weight is 355 g/mol. The van der Waals surface area contributed by atoms with Gasteiger partial charge in [-0.2, -0.15) is 0 Å². The molecule has 3 heteroatoms. The molecule has 2 rings (SSSR count). The van der Waals surface area contributed by atoms with E-state index in [9.17, 15) is 0 Å². The SMILES string of the molecule is Cc1cccc(CNc2c(Br)cccc2Br)c1. The Morgan fingerprint density at radius 2 is 1.65 bits per heavy atom. The van der Waals surface area contributed by atoms with Gasteiger partial charge in [0.25, 0.3) is 0 Å². The van der Waals surface area contributed by atoms with Crippen molar-refractivity contribution in [3.8, 4) is 0 Å². The van der Waals surface area contributed by atoms with E-state index in [4.69, 9.17) is 0 Å². The number of nitrogens with one attached hydrogen (secondary N) is 1. The Bertz CT molecular complexity index is 503. The Morgan fingerprint density at radius 1 is 1.00 bits per heavy atom. The molecule has 2 aromatic rings. The molecular weight excluding hydrogens is 342 g/mol. The summed E-state index contributed by atoms with van der Waals surface area (Å²) in [6.07, 6.45) is 0. The molecule has 1 nitrogen and oxygen atoms in total. The van der Waals surface area contributed by atoms with Crippen molar-refractivity contribution in [2.45, 2.75) is 13.5 Å². The van der Waals surface area contributed by atoms with Crippen LogP contribution < -0.4 is 5.32 Å². The van der Waals surface area contributed by atoms with Gasteiger partial charge in [0.15, 0.2) is 0 Å². The molecule has 0 aromatic heterocycles. The zero-order valence-corrected chi connectivity index (χ0v) is 12.7. The molecule has 0 fully saturated rings. The number of para-hydroxylation sites is 1. The third-order valence-corrected chi connectivity index (χ3v) is 3.84. The van der Waals surface area contributed by atoms with Gasteiger partial charge in [-0.15, -0.1) is 0 Å². The third-order valence-electron chi connectivity index (χ3n) is 2.51. The monoisotopic (exact) mass is 353 g/mol. The normalized spacial score (nSPS) is 10.3. The summed E-state index contributed by atoms with van der Waals surface area (Å²) in [5.74, 6) is 0. The van der Waals surface area contributed by atoms with Crippen LogP contribution in [0, 0.1) is 6.92 Å². The second kappa shape index (κ2) is 5.69. The van der Waals surface area contributed by atoms with E-state index in [0.29, 0.717) is 0 Å². The van der Waals surface area contributed by atoms with Gasteiger partial charge in [-0.1, -0.05) is 35.9 Å². The highest BCUT2D eigenvalue weighted by atomic mass is 79.9. The fraction of sp³-hybridized carbons (Fsp3) is 0.143. The van der Waals surface area contributed by atoms with E-state index in [1.807, 2.05) is 18.2 Å². The highest BCUT2D eigenvalue weighted by Gasteiger charge is 2.03. The summed E-state index contributed by atoms with van der Waals surface area (Å²) < 4.78 is 2.14. The first-order valence-corrected chi connectivity index (χ1v) is 6.99. The summed E-state index contributed by atoms with van der Waals surface area (Å²) in [5, 5.41) is 3.43. The van der Waals surface area contributed by atoms with Crippen molar-refractivity contribution < 1.29 is 0 Å². The van der Waals surface area contributed by atoms with Crippen LogP contribution in [-0.4, -0.2) is 0 Å². The van der Waals surface area contributed by atoms with Gasteiger partial charge in [0.05, 0.1) is 5.69 Å². The van der Waals surface area contributed by atoms with Crippen LogP contribution in [0.1, 0.15) is 11.1 Å². The van der Waals surface area contributed by atoms with Crippen molar-refractivity contribution in [2.75, 3.05) is 5.32 Å². The number of aryl methyl sites for hydroxylation is 1. The van der Waals surface area contributed by atoms with Crippen molar-refractivity contribution >= 4 is 37.5 Å². The second-order valence-electron chi connectivity index (χ2n) is 3.94. The molecule has 0 unspecified atom stereocenters. The molecule has 0 amide bonds. The molecule has 0 atom stereocenters. The predicted molar refractivity (Wildman–Crippen MR) is 80.3 cm³/mol. The lowest BCUT2D eigenvalue weighted by molar-refractivity contribution is 1.13. The van der Waals surface area contributed by atoms with Crippen molar-refractivity contribution in [3.63, 3.8) is 0 Å². The number of hydrogen-bond acceptors (Lipinski definition) is 1. The van der Waals surface area contributed by atoms with Crippen molar-refractivity contribution in [1.82, 2.24) is 0 Å². The van der Waals surface area contributed by atoms with Crippen LogP contribution in [0.2, 0.25) is 0 Å². The molecule has 0 aliphatic carbocycles. The van der Waals surface area contributed by atoms with E-state index in [0.717, 1.165) is 21.2 Å². The van der Waals surface area contributed by atoms with Crippen LogP contribution in [0.15, 0.2) is 51.4 Å². The fourth-order valence-corrected chi connectivity index (χ4v) is 2.96. The van der Waals surface area contributed by atoms with Gasteiger partial charge in [-0.25, -0.2) is 0 Å². The first kappa shape index (κ1) is 12.7. The lowest BCUT2D eigenvalue weighted by Gasteiger charge is -2.11. The van der Waals surface area contributed by atoms with Crippen LogP contribution in [0.3, 0.4) is 0 Å². The van der Waals surface area contributed by atoms with Gasteiger partial charge in [0.2, 0.25) is 0 Å². The van der Waals surface area contributed by atoms with Gasteiger partial charge in [0, 0.05) is 15.5 Å². The highest BCUT2D eigenvalue weighted by molar-refractivity contribution is 9.11. The largest absolute Gasteiger partial charge is 0.379 e. The van der Waals surface area contributed by atoms with Crippen LogP contribution in [0.4, 0.5) is 5.69 Å². The first-order chi connectivity index (χ1) is 8.16. The standard InChI is InChI=1S/C14H13Br2N/c1-10-4-2-5-11(8-10)9-17-14-12(15)6-3-7-13(14)16/h2-8,17H,9H2,1H3. The molecular formula is C14H13Br2N. The van der Waals surface area contributed by atoms with Crippen molar-refractivity contribution in [2.24, 2.45) is 0 Å². The molecule has 0 heterocycles. The van der Waals surface area contributed by atoms with Gasteiger partial charge in [0.1, 0.15) is 0 Å². The van der Waals surface area contributed by atoms with Gasteiger partial charge in [-0.05, 0) is 56.5 Å². The molecule has 2 aromatic carbocycles. The van der Waals surface area contributed by atoms with E-state index in [2.05, 4.69) is 68.4 Å². The zero-order valence-electron chi connectivity index (χ0n) is 9.50. The van der Waals surface area contributed by atoms with Crippen LogP contribution >= 0.6 is 31.9 Å². The van der Waals surface area contributed by atoms with Crippen LogP contribution in [0.25, 0.3) is 0 Å². The fourth-order valence-electron chi connectivity index (χ4n) is 1.68. The molecule has 0 aliphatic heterocycles. The van der Waals surface area contributed by atoms with E-state index in [1.165, 1.54) is 11.1 Å². The molecule has 1 N–H and O–H groups in total. The topological polar surface area (TPSA) is 12.0 Å². The summed E-state index contributed by atoms with van der Waals surface area (Å²) in [6.45, 7) is 2.93. The Balaban J connectivity index is 2.13. The number of rotatable bonds is 3. The summed E-state index contributed by atoms with van der Waals surface area (Å²) in [5.41, 5.74) is 3.66. The maximum atomic E-state index is 3.54. The smallest absolute Gasteiger partial charge is 0.0631 e. The summed E-state index contributed by atoms with van der Waals surface area (Å²) in [6, 6.07) is 14.6. The van der Waals surface area contributed by atoms with E-state index in [1.54, 1.807) is 0 Å². The minimum atomic E-state index is 0.822. The Labute approximate surface area is 119 Å². The number of benzene rings is 2. The van der Waals surface area contributed by atoms with E-state index >= 15 is 0 Å². The molecule has 0 bridgehead atoms. The number of hydrogen-bond donors (Lipinski definition) is 1.